The van der Waals surface area contributed by atoms with Gasteiger partial charge in [-0.3, -0.25) is 4.79 Å². The summed E-state index contributed by atoms with van der Waals surface area (Å²) in [6.07, 6.45) is 1.74. The van der Waals surface area contributed by atoms with Crippen LogP contribution in [0.4, 0.5) is 0 Å². The molecule has 0 aliphatic carbocycles. The fourth-order valence-corrected chi connectivity index (χ4v) is 1.95. The third-order valence-electron chi connectivity index (χ3n) is 3.93. The smallest absolute Gasteiger partial charge is 0.222 e. The molecule has 2 atom stereocenters. The molecule has 1 aliphatic heterocycles. The third kappa shape index (κ3) is 4.84. The highest BCUT2D eigenvalue weighted by Gasteiger charge is 2.29. The predicted octanol–water partition coefficient (Wildman–Crippen LogP) is 2.29. The molecular formula is C13H27ClN2O. The number of carbonyl (C=O) groups is 1. The van der Waals surface area contributed by atoms with Gasteiger partial charge in [0.05, 0.1) is 0 Å². The van der Waals surface area contributed by atoms with Crippen molar-refractivity contribution in [1.82, 2.24) is 4.90 Å². The van der Waals surface area contributed by atoms with Crippen molar-refractivity contribution in [3.63, 3.8) is 0 Å². The number of halogens is 1. The normalized spacial score (nSPS) is 22.2. The number of carbonyl (C=O) groups excluding carboxylic acids is 1. The van der Waals surface area contributed by atoms with E-state index in [-0.39, 0.29) is 17.8 Å². The minimum atomic E-state index is 0. The number of nitrogens with zero attached hydrogens (tertiary/aromatic N) is 1. The lowest BCUT2D eigenvalue weighted by atomic mass is 9.80. The van der Waals surface area contributed by atoms with Crippen LogP contribution in [0.2, 0.25) is 0 Å². The van der Waals surface area contributed by atoms with Gasteiger partial charge < -0.3 is 10.6 Å². The van der Waals surface area contributed by atoms with Crippen LogP contribution >= 0.6 is 12.4 Å². The largest absolute Gasteiger partial charge is 0.342 e. The van der Waals surface area contributed by atoms with Crippen molar-refractivity contribution in [2.24, 2.45) is 23.0 Å². The van der Waals surface area contributed by atoms with Crippen molar-refractivity contribution in [1.29, 1.82) is 0 Å². The second kappa shape index (κ2) is 6.60. The maximum Gasteiger partial charge on any atom is 0.222 e. The Kier molecular flexibility index (Phi) is 6.49. The Morgan fingerprint density at radius 2 is 2.06 bits per heavy atom. The van der Waals surface area contributed by atoms with Crippen LogP contribution < -0.4 is 5.73 Å². The first-order chi connectivity index (χ1) is 7.34. The molecule has 1 heterocycles. The van der Waals surface area contributed by atoms with E-state index < -0.39 is 0 Å². The quantitative estimate of drug-likeness (QED) is 0.848. The molecule has 0 aromatic carbocycles. The van der Waals surface area contributed by atoms with Gasteiger partial charge in [0.2, 0.25) is 5.91 Å². The highest BCUT2D eigenvalue weighted by Crippen LogP contribution is 2.29. The lowest BCUT2D eigenvalue weighted by Crippen LogP contribution is -2.33. The number of amides is 1. The summed E-state index contributed by atoms with van der Waals surface area (Å²) in [5.41, 5.74) is 5.84. The first-order valence-electron chi connectivity index (χ1n) is 6.32. The molecule has 0 spiro atoms. The zero-order valence-corrected chi connectivity index (χ0v) is 12.3. The average Bonchev–Trinajstić information content (AvgIpc) is 2.64. The van der Waals surface area contributed by atoms with E-state index in [0.717, 1.165) is 19.5 Å². The molecule has 1 fully saturated rings. The summed E-state index contributed by atoms with van der Waals surface area (Å²) >= 11 is 0. The van der Waals surface area contributed by atoms with Crippen LogP contribution in [0, 0.1) is 17.3 Å². The van der Waals surface area contributed by atoms with Gasteiger partial charge in [-0.2, -0.15) is 0 Å². The molecule has 102 valence electrons. The van der Waals surface area contributed by atoms with Gasteiger partial charge >= 0.3 is 0 Å². The molecule has 0 aromatic rings. The molecule has 1 aliphatic rings. The fourth-order valence-electron chi connectivity index (χ4n) is 1.95. The van der Waals surface area contributed by atoms with Gasteiger partial charge in [-0.1, -0.05) is 27.7 Å². The first-order valence-corrected chi connectivity index (χ1v) is 6.32. The number of rotatable bonds is 3. The van der Waals surface area contributed by atoms with Crippen LogP contribution in [0.25, 0.3) is 0 Å². The lowest BCUT2D eigenvalue weighted by Gasteiger charge is -2.28. The topological polar surface area (TPSA) is 46.3 Å². The molecule has 2 N–H and O–H groups in total. The first kappa shape index (κ1) is 16.7. The molecule has 4 heteroatoms. The van der Waals surface area contributed by atoms with E-state index in [1.54, 1.807) is 0 Å². The van der Waals surface area contributed by atoms with Crippen molar-refractivity contribution < 1.29 is 4.79 Å². The van der Waals surface area contributed by atoms with Crippen LogP contribution in [0.1, 0.15) is 40.5 Å². The lowest BCUT2D eigenvalue weighted by molar-refractivity contribution is -0.132. The van der Waals surface area contributed by atoms with E-state index in [1.807, 2.05) is 4.90 Å². The minimum Gasteiger partial charge on any atom is -0.342 e. The second-order valence-corrected chi connectivity index (χ2v) is 6.20. The van der Waals surface area contributed by atoms with Gasteiger partial charge in [0.1, 0.15) is 0 Å². The van der Waals surface area contributed by atoms with Gasteiger partial charge in [-0.15, -0.1) is 12.4 Å². The fraction of sp³-hybridized carbons (Fsp3) is 0.923. The van der Waals surface area contributed by atoms with Crippen LogP contribution in [0.3, 0.4) is 0 Å². The van der Waals surface area contributed by atoms with Crippen molar-refractivity contribution in [2.75, 3.05) is 19.6 Å². The van der Waals surface area contributed by atoms with Gasteiger partial charge in [0, 0.05) is 19.5 Å². The highest BCUT2D eigenvalue weighted by molar-refractivity contribution is 5.85. The van der Waals surface area contributed by atoms with Crippen LogP contribution in [0.15, 0.2) is 0 Å². The Morgan fingerprint density at radius 1 is 1.47 bits per heavy atom. The molecular weight excluding hydrogens is 236 g/mol. The minimum absolute atomic E-state index is 0. The number of hydrogen-bond acceptors (Lipinski definition) is 2. The van der Waals surface area contributed by atoms with E-state index >= 15 is 0 Å². The van der Waals surface area contributed by atoms with E-state index in [4.69, 9.17) is 5.73 Å². The van der Waals surface area contributed by atoms with Crippen LogP contribution in [0.5, 0.6) is 0 Å². The molecule has 1 amide bonds. The van der Waals surface area contributed by atoms with E-state index in [9.17, 15) is 4.79 Å². The maximum absolute atomic E-state index is 12.0. The summed E-state index contributed by atoms with van der Waals surface area (Å²) in [5, 5.41) is 0. The summed E-state index contributed by atoms with van der Waals surface area (Å²) in [6.45, 7) is 11.2. The Morgan fingerprint density at radius 3 is 2.47 bits per heavy atom. The third-order valence-corrected chi connectivity index (χ3v) is 3.93. The molecule has 0 radical (unpaired) electrons. The summed E-state index contributed by atoms with van der Waals surface area (Å²) in [5.74, 6) is 1.25. The van der Waals surface area contributed by atoms with Gasteiger partial charge in [0.15, 0.2) is 0 Å². The molecule has 1 saturated heterocycles. The molecule has 3 nitrogen and oxygen atoms in total. The molecule has 0 saturated carbocycles. The van der Waals surface area contributed by atoms with Crippen LogP contribution in [-0.4, -0.2) is 30.4 Å². The predicted molar refractivity (Wildman–Crippen MR) is 74.2 cm³/mol. The summed E-state index contributed by atoms with van der Waals surface area (Å²) < 4.78 is 0. The van der Waals surface area contributed by atoms with E-state index in [2.05, 4.69) is 27.7 Å². The standard InChI is InChI=1S/C13H26N2O.ClH/c1-10(13(2,3)4)7-12(16)15-6-5-11(8-14)9-15;/h10-11H,5-9,14H2,1-4H3;1H. The Hall–Kier alpha value is -0.280. The number of likely N-dealkylation sites (tertiary alicyclic amines) is 1. The highest BCUT2D eigenvalue weighted by atomic mass is 35.5. The molecule has 0 aromatic heterocycles. The summed E-state index contributed by atoms with van der Waals surface area (Å²) in [6, 6.07) is 0. The SMILES string of the molecule is CC(CC(=O)N1CCC(CN)C1)C(C)(C)C.Cl. The van der Waals surface area contributed by atoms with Crippen molar-refractivity contribution in [3.05, 3.63) is 0 Å². The molecule has 2 unspecified atom stereocenters. The van der Waals surface area contributed by atoms with Gasteiger partial charge in [0.25, 0.3) is 0 Å². The molecule has 0 bridgehead atoms. The van der Waals surface area contributed by atoms with E-state index in [0.29, 0.717) is 30.7 Å². The second-order valence-electron chi connectivity index (χ2n) is 6.20. The Labute approximate surface area is 112 Å². The molecule has 1 rings (SSSR count). The maximum atomic E-state index is 12.0. The average molecular weight is 263 g/mol. The Bertz CT molecular complexity index is 250. The van der Waals surface area contributed by atoms with Gasteiger partial charge in [-0.05, 0) is 30.2 Å². The number of nitrogens with two attached hydrogens (primary N) is 1. The van der Waals surface area contributed by atoms with Gasteiger partial charge in [-0.25, -0.2) is 0 Å². The summed E-state index contributed by atoms with van der Waals surface area (Å²) in [4.78, 5) is 14.0. The van der Waals surface area contributed by atoms with E-state index in [1.165, 1.54) is 0 Å². The zero-order valence-electron chi connectivity index (χ0n) is 11.5. The summed E-state index contributed by atoms with van der Waals surface area (Å²) in [7, 11) is 0. The molecule has 17 heavy (non-hydrogen) atoms. The zero-order chi connectivity index (χ0) is 12.3. The Balaban J connectivity index is 0.00000256. The van der Waals surface area contributed by atoms with Crippen LogP contribution in [-0.2, 0) is 4.79 Å². The van der Waals surface area contributed by atoms with Crippen molar-refractivity contribution in [3.8, 4) is 0 Å². The van der Waals surface area contributed by atoms with Crippen molar-refractivity contribution >= 4 is 18.3 Å². The number of hydrogen-bond donors (Lipinski definition) is 1. The monoisotopic (exact) mass is 262 g/mol. The van der Waals surface area contributed by atoms with Crippen molar-refractivity contribution in [2.45, 2.75) is 40.5 Å².